The normalized spacial score (nSPS) is 12.2. The van der Waals surface area contributed by atoms with E-state index in [9.17, 15) is 21.4 Å². The molecule has 0 amide bonds. The van der Waals surface area contributed by atoms with E-state index in [4.69, 9.17) is 4.18 Å². The van der Waals surface area contributed by atoms with Gasteiger partial charge in [-0.1, -0.05) is 46.5 Å². The molecule has 0 atom stereocenters. The summed E-state index contributed by atoms with van der Waals surface area (Å²) in [5.74, 6) is -0.0522. The van der Waals surface area contributed by atoms with E-state index in [0.29, 0.717) is 0 Å². The Morgan fingerprint density at radius 3 is 1.96 bits per heavy atom. The van der Waals surface area contributed by atoms with Crippen LogP contribution in [-0.2, 0) is 24.8 Å². The van der Waals surface area contributed by atoms with Gasteiger partial charge in [0.2, 0.25) is 0 Å². The average Bonchev–Trinajstić information content (AvgIpc) is 2.54. The third-order valence-electron chi connectivity index (χ3n) is 3.62. The summed E-state index contributed by atoms with van der Waals surface area (Å²) in [6, 6.07) is 14.4. The molecule has 25 heavy (non-hydrogen) atoms. The minimum Gasteiger partial charge on any atom is -0.378 e. The van der Waals surface area contributed by atoms with Crippen molar-refractivity contribution in [2.75, 3.05) is 0 Å². The van der Waals surface area contributed by atoms with E-state index in [0.717, 1.165) is 11.6 Å². The largest absolute Gasteiger partial charge is 0.378 e. The van der Waals surface area contributed by atoms with Gasteiger partial charge in [-0.2, -0.15) is 16.8 Å². The van der Waals surface area contributed by atoms with Crippen LogP contribution in [0, 0.1) is 6.92 Å². The topological polar surface area (TPSA) is 97.4 Å². The highest BCUT2D eigenvalue weighted by atomic mass is 32.2. The molecular formula is C17H13O6S2. The van der Waals surface area contributed by atoms with E-state index in [-0.39, 0.29) is 21.4 Å². The Morgan fingerprint density at radius 2 is 1.36 bits per heavy atom. The molecule has 1 radical (unpaired) electrons. The fraction of sp³-hybridized carbons (Fsp3) is 0.0588. The zero-order chi connectivity index (χ0) is 18.2. The fourth-order valence-corrected chi connectivity index (χ4v) is 4.04. The SMILES string of the molecule is Cc1ccc(S(=O)(=O)Oc2ccc(S([O])(=O)=O)c3ccccc23)cc1. The van der Waals surface area contributed by atoms with Crippen molar-refractivity contribution in [1.29, 1.82) is 0 Å². The minimum absolute atomic E-state index is 0.0253. The average molecular weight is 377 g/mol. The lowest BCUT2D eigenvalue weighted by molar-refractivity contribution is 0.415. The summed E-state index contributed by atoms with van der Waals surface area (Å²) in [6.45, 7) is 1.83. The summed E-state index contributed by atoms with van der Waals surface area (Å²) < 4.78 is 64.2. The summed E-state index contributed by atoms with van der Waals surface area (Å²) in [4.78, 5) is -0.453. The lowest BCUT2D eigenvalue weighted by Gasteiger charge is -2.11. The molecule has 6 nitrogen and oxygen atoms in total. The first-order valence-electron chi connectivity index (χ1n) is 7.17. The van der Waals surface area contributed by atoms with Crippen LogP contribution in [0.2, 0.25) is 0 Å². The molecule has 0 aromatic heterocycles. The second-order valence-electron chi connectivity index (χ2n) is 5.41. The monoisotopic (exact) mass is 377 g/mol. The smallest absolute Gasteiger partial charge is 0.339 e. The predicted molar refractivity (Wildman–Crippen MR) is 90.8 cm³/mol. The summed E-state index contributed by atoms with van der Waals surface area (Å²) in [5.41, 5.74) is 0.898. The van der Waals surface area contributed by atoms with E-state index in [1.807, 2.05) is 6.92 Å². The molecule has 0 spiro atoms. The quantitative estimate of drug-likeness (QED) is 0.651. The number of hydrogen-bond donors (Lipinski definition) is 0. The number of fused-ring (bicyclic) bond motifs is 1. The molecule has 0 aliphatic carbocycles. The highest BCUT2D eigenvalue weighted by Crippen LogP contribution is 2.32. The van der Waals surface area contributed by atoms with E-state index in [1.54, 1.807) is 24.3 Å². The summed E-state index contributed by atoms with van der Waals surface area (Å²) in [6.07, 6.45) is 0. The van der Waals surface area contributed by atoms with Crippen molar-refractivity contribution in [3.8, 4) is 5.75 Å². The van der Waals surface area contributed by atoms with Gasteiger partial charge in [-0.25, -0.2) is 0 Å². The first kappa shape index (κ1) is 17.4. The molecule has 0 aliphatic rings. The molecule has 3 rings (SSSR count). The van der Waals surface area contributed by atoms with Crippen molar-refractivity contribution in [2.45, 2.75) is 16.7 Å². The second-order valence-corrected chi connectivity index (χ2v) is 8.31. The van der Waals surface area contributed by atoms with Crippen LogP contribution in [0.3, 0.4) is 0 Å². The number of benzene rings is 3. The maximum atomic E-state index is 12.4. The van der Waals surface area contributed by atoms with Crippen LogP contribution in [0.4, 0.5) is 0 Å². The van der Waals surface area contributed by atoms with Crippen LogP contribution in [0.15, 0.2) is 70.5 Å². The van der Waals surface area contributed by atoms with Crippen LogP contribution in [0.1, 0.15) is 5.56 Å². The molecule has 0 N–H and O–H groups in total. The van der Waals surface area contributed by atoms with Crippen molar-refractivity contribution in [1.82, 2.24) is 0 Å². The second kappa shape index (κ2) is 6.14. The van der Waals surface area contributed by atoms with E-state index in [2.05, 4.69) is 0 Å². The molecule has 129 valence electrons. The lowest BCUT2D eigenvalue weighted by atomic mass is 10.1. The standard InChI is InChI=1S/C17H13O6S2/c1-12-6-8-13(9-7-12)25(21,22)23-16-10-11-17(24(18,19)20)15-5-3-2-4-14(15)16/h2-11H,1H3. The van der Waals surface area contributed by atoms with Gasteiger partial charge >= 0.3 is 20.2 Å². The first-order chi connectivity index (χ1) is 11.7. The highest BCUT2D eigenvalue weighted by molar-refractivity contribution is 7.87. The number of rotatable bonds is 4. The van der Waals surface area contributed by atoms with Gasteiger partial charge in [0.1, 0.15) is 9.79 Å². The maximum absolute atomic E-state index is 12.4. The molecule has 0 saturated heterocycles. The van der Waals surface area contributed by atoms with Gasteiger partial charge in [-0.3, -0.25) is 0 Å². The molecule has 3 aromatic rings. The van der Waals surface area contributed by atoms with Gasteiger partial charge in [0, 0.05) is 10.8 Å². The molecule has 0 aliphatic heterocycles. The number of aryl methyl sites for hydroxylation is 1. The Bertz CT molecular complexity index is 1150. The molecular weight excluding hydrogens is 364 g/mol. The van der Waals surface area contributed by atoms with Crippen LogP contribution in [0.5, 0.6) is 5.75 Å². The third kappa shape index (κ3) is 3.51. The Labute approximate surface area is 145 Å². The van der Waals surface area contributed by atoms with Gasteiger partial charge in [0.15, 0.2) is 5.75 Å². The van der Waals surface area contributed by atoms with E-state index < -0.39 is 25.1 Å². The Hall–Kier alpha value is -2.42. The van der Waals surface area contributed by atoms with Crippen molar-refractivity contribution in [2.24, 2.45) is 0 Å². The molecule has 8 heteroatoms. The molecule has 0 fully saturated rings. The van der Waals surface area contributed by atoms with E-state index in [1.165, 1.54) is 30.3 Å². The molecule has 0 unspecified atom stereocenters. The molecule has 0 saturated carbocycles. The summed E-state index contributed by atoms with van der Waals surface area (Å²) >= 11 is 0. The Morgan fingerprint density at radius 1 is 0.760 bits per heavy atom. The zero-order valence-electron chi connectivity index (χ0n) is 13.0. The van der Waals surface area contributed by atoms with Gasteiger partial charge in [-0.05, 0) is 31.2 Å². The van der Waals surface area contributed by atoms with Gasteiger partial charge in [-0.15, -0.1) is 0 Å². The fourth-order valence-electron chi connectivity index (χ4n) is 2.41. The van der Waals surface area contributed by atoms with Crippen molar-refractivity contribution in [3.63, 3.8) is 0 Å². The maximum Gasteiger partial charge on any atom is 0.339 e. The molecule has 0 heterocycles. The van der Waals surface area contributed by atoms with Crippen LogP contribution in [0.25, 0.3) is 10.8 Å². The van der Waals surface area contributed by atoms with E-state index >= 15 is 0 Å². The Kier molecular flexibility index (Phi) is 4.28. The van der Waals surface area contributed by atoms with Crippen LogP contribution < -0.4 is 4.18 Å². The summed E-state index contributed by atoms with van der Waals surface area (Å²) in [7, 11) is -8.80. The molecule has 3 aromatic carbocycles. The van der Waals surface area contributed by atoms with Crippen molar-refractivity contribution >= 4 is 31.0 Å². The van der Waals surface area contributed by atoms with Gasteiger partial charge < -0.3 is 4.18 Å². The zero-order valence-corrected chi connectivity index (χ0v) is 14.7. The molecule has 0 bridgehead atoms. The summed E-state index contributed by atoms with van der Waals surface area (Å²) in [5, 5.41) is 0.323. The van der Waals surface area contributed by atoms with Gasteiger partial charge in [0.05, 0.1) is 0 Å². The number of hydrogen-bond acceptors (Lipinski definition) is 5. The van der Waals surface area contributed by atoms with Crippen molar-refractivity contribution < 1.29 is 25.6 Å². The third-order valence-corrected chi connectivity index (χ3v) is 5.77. The Balaban J connectivity index is 2.13. The van der Waals surface area contributed by atoms with Crippen LogP contribution in [-0.4, -0.2) is 16.8 Å². The van der Waals surface area contributed by atoms with Crippen LogP contribution >= 0.6 is 0 Å². The highest BCUT2D eigenvalue weighted by Gasteiger charge is 2.21. The van der Waals surface area contributed by atoms with Crippen molar-refractivity contribution in [3.05, 3.63) is 66.2 Å². The minimum atomic E-state index is -4.70. The van der Waals surface area contributed by atoms with Gasteiger partial charge in [0.25, 0.3) is 0 Å². The first-order valence-corrected chi connectivity index (χ1v) is 9.99. The predicted octanol–water partition coefficient (Wildman–Crippen LogP) is 3.04. The lowest BCUT2D eigenvalue weighted by Crippen LogP contribution is -2.10.